The van der Waals surface area contributed by atoms with E-state index in [1.807, 2.05) is 0 Å². The quantitative estimate of drug-likeness (QED) is 0.922. The number of carbonyl (C=O) groups excluding carboxylic acids is 1. The highest BCUT2D eigenvalue weighted by atomic mass is 19.1. The molecule has 1 aliphatic rings. The van der Waals surface area contributed by atoms with Gasteiger partial charge in [-0.15, -0.1) is 0 Å². The molecule has 2 rings (SSSR count). The second kappa shape index (κ2) is 6.70. The maximum Gasteiger partial charge on any atom is 0.257 e. The molecule has 110 valence electrons. The van der Waals surface area contributed by atoms with Crippen LogP contribution in [0.25, 0.3) is 0 Å². The number of benzene rings is 1. The van der Waals surface area contributed by atoms with E-state index in [1.165, 1.54) is 12.1 Å². The van der Waals surface area contributed by atoms with E-state index in [9.17, 15) is 14.3 Å². The lowest BCUT2D eigenvalue weighted by Crippen LogP contribution is -2.44. The number of halogens is 1. The molecule has 0 bridgehead atoms. The second-order valence-corrected chi connectivity index (χ2v) is 5.09. The number of phenolic OH excluding ortho intramolecular Hbond substituents is 1. The van der Waals surface area contributed by atoms with Crippen LogP contribution in [0.4, 0.5) is 4.39 Å². The maximum atomic E-state index is 13.8. The molecule has 0 spiro atoms. The van der Waals surface area contributed by atoms with Crippen LogP contribution in [0.1, 0.15) is 36.0 Å². The number of hydrogen-bond acceptors (Lipinski definition) is 3. The molecular weight excluding hydrogens is 261 g/mol. The summed E-state index contributed by atoms with van der Waals surface area (Å²) in [6, 6.07) is 3.75. The van der Waals surface area contributed by atoms with Crippen molar-refractivity contribution in [3.63, 3.8) is 0 Å². The van der Waals surface area contributed by atoms with E-state index in [-0.39, 0.29) is 23.3 Å². The van der Waals surface area contributed by atoms with Gasteiger partial charge in [0.05, 0.1) is 5.56 Å². The second-order valence-electron chi connectivity index (χ2n) is 5.09. The van der Waals surface area contributed by atoms with E-state index in [0.717, 1.165) is 31.7 Å². The van der Waals surface area contributed by atoms with E-state index in [0.29, 0.717) is 13.2 Å². The molecule has 1 heterocycles. The normalized spacial score (nSPS) is 19.1. The largest absolute Gasteiger partial charge is 0.508 e. The molecule has 0 unspecified atom stereocenters. The van der Waals surface area contributed by atoms with E-state index < -0.39 is 5.82 Å². The van der Waals surface area contributed by atoms with Crippen LogP contribution in [0.2, 0.25) is 0 Å². The molecule has 1 amide bonds. The zero-order chi connectivity index (χ0) is 14.5. The van der Waals surface area contributed by atoms with Crippen molar-refractivity contribution in [3.05, 3.63) is 29.6 Å². The molecule has 5 heteroatoms. The number of amides is 1. The molecule has 1 aromatic carbocycles. The van der Waals surface area contributed by atoms with Crippen LogP contribution in [-0.2, 0) is 4.74 Å². The number of nitrogens with zero attached hydrogens (tertiary/aromatic N) is 1. The fraction of sp³-hybridized carbons (Fsp3) is 0.533. The number of ether oxygens (including phenoxy) is 1. The molecule has 1 saturated heterocycles. The molecule has 1 N–H and O–H groups in total. The maximum absolute atomic E-state index is 13.8. The van der Waals surface area contributed by atoms with Gasteiger partial charge in [0, 0.05) is 32.4 Å². The summed E-state index contributed by atoms with van der Waals surface area (Å²) in [5, 5.41) is 9.22. The number of aromatic hydroxyl groups is 1. The van der Waals surface area contributed by atoms with Crippen molar-refractivity contribution < 1.29 is 19.0 Å². The summed E-state index contributed by atoms with van der Waals surface area (Å²) >= 11 is 0. The summed E-state index contributed by atoms with van der Waals surface area (Å²) in [6.07, 6.45) is 3.71. The zero-order valence-electron chi connectivity index (χ0n) is 11.6. The van der Waals surface area contributed by atoms with Crippen molar-refractivity contribution in [1.82, 2.24) is 4.90 Å². The third kappa shape index (κ3) is 3.28. The monoisotopic (exact) mass is 281 g/mol. The zero-order valence-corrected chi connectivity index (χ0v) is 11.6. The summed E-state index contributed by atoms with van der Waals surface area (Å²) in [4.78, 5) is 14.2. The number of carbonyl (C=O) groups is 1. The van der Waals surface area contributed by atoms with Crippen LogP contribution in [0, 0.1) is 5.82 Å². The Balaban J connectivity index is 2.16. The summed E-state index contributed by atoms with van der Waals surface area (Å²) in [5.41, 5.74) is 0.0205. The topological polar surface area (TPSA) is 49.8 Å². The van der Waals surface area contributed by atoms with Gasteiger partial charge in [0.2, 0.25) is 0 Å². The van der Waals surface area contributed by atoms with Gasteiger partial charge in [-0.05, 0) is 37.8 Å². The molecule has 0 aromatic heterocycles. The van der Waals surface area contributed by atoms with Gasteiger partial charge in [0.15, 0.2) is 0 Å². The minimum atomic E-state index is -0.675. The molecule has 20 heavy (non-hydrogen) atoms. The number of rotatable bonds is 4. The van der Waals surface area contributed by atoms with Crippen LogP contribution in [0.3, 0.4) is 0 Å². The minimum Gasteiger partial charge on any atom is -0.508 e. The summed E-state index contributed by atoms with van der Waals surface area (Å²) in [7, 11) is 1.63. The van der Waals surface area contributed by atoms with E-state index in [2.05, 4.69) is 0 Å². The third-order valence-electron chi connectivity index (χ3n) is 3.73. The number of phenols is 1. The number of likely N-dealkylation sites (tertiary alicyclic amines) is 1. The lowest BCUT2D eigenvalue weighted by molar-refractivity contribution is 0.0548. The summed E-state index contributed by atoms with van der Waals surface area (Å²) < 4.78 is 18.9. The highest BCUT2D eigenvalue weighted by Gasteiger charge is 2.28. The van der Waals surface area contributed by atoms with E-state index in [1.54, 1.807) is 12.0 Å². The fourth-order valence-electron chi connectivity index (χ4n) is 2.65. The van der Waals surface area contributed by atoms with E-state index >= 15 is 0 Å². The summed E-state index contributed by atoms with van der Waals surface area (Å²) in [6.45, 7) is 1.24. The Kier molecular flexibility index (Phi) is 4.95. The molecule has 1 fully saturated rings. The first-order valence-electron chi connectivity index (χ1n) is 6.92. The molecule has 4 nitrogen and oxygen atoms in total. The van der Waals surface area contributed by atoms with Crippen molar-refractivity contribution in [3.8, 4) is 5.75 Å². The Hall–Kier alpha value is -1.62. The Morgan fingerprint density at radius 2 is 2.30 bits per heavy atom. The highest BCUT2D eigenvalue weighted by molar-refractivity contribution is 5.94. The van der Waals surface area contributed by atoms with Gasteiger partial charge in [0.25, 0.3) is 5.91 Å². The molecule has 1 atom stereocenters. The van der Waals surface area contributed by atoms with Crippen LogP contribution in [0.15, 0.2) is 18.2 Å². The predicted molar refractivity (Wildman–Crippen MR) is 73.2 cm³/mol. The van der Waals surface area contributed by atoms with E-state index in [4.69, 9.17) is 4.74 Å². The van der Waals surface area contributed by atoms with Gasteiger partial charge in [-0.1, -0.05) is 0 Å². The van der Waals surface area contributed by atoms with Crippen molar-refractivity contribution in [2.24, 2.45) is 0 Å². The lowest BCUT2D eigenvalue weighted by atomic mass is 9.98. The molecule has 1 aromatic rings. The highest BCUT2D eigenvalue weighted by Crippen LogP contribution is 2.24. The Morgan fingerprint density at radius 1 is 1.50 bits per heavy atom. The molecule has 0 aliphatic carbocycles. The Morgan fingerprint density at radius 3 is 3.00 bits per heavy atom. The lowest BCUT2D eigenvalue weighted by Gasteiger charge is -2.36. The van der Waals surface area contributed by atoms with Crippen molar-refractivity contribution in [2.45, 2.75) is 31.7 Å². The molecule has 0 saturated carbocycles. The standard InChI is InChI=1S/C15H20FNO3/c1-20-9-7-11-4-2-3-8-17(11)15(19)13-6-5-12(18)10-14(13)16/h5-6,10-11,18H,2-4,7-9H2,1H3/t11-/m1/s1. The first-order valence-corrected chi connectivity index (χ1v) is 6.92. The minimum absolute atomic E-state index is 0.0205. The molecular formula is C15H20FNO3. The van der Waals surface area contributed by atoms with Crippen molar-refractivity contribution in [1.29, 1.82) is 0 Å². The number of hydrogen-bond donors (Lipinski definition) is 1. The number of methoxy groups -OCH3 is 1. The van der Waals surface area contributed by atoms with Gasteiger partial charge in [-0.2, -0.15) is 0 Å². The van der Waals surface area contributed by atoms with Gasteiger partial charge < -0.3 is 14.7 Å². The molecule has 1 aliphatic heterocycles. The average Bonchev–Trinajstić information content (AvgIpc) is 2.45. The van der Waals surface area contributed by atoms with Crippen LogP contribution < -0.4 is 0 Å². The summed E-state index contributed by atoms with van der Waals surface area (Å²) in [5.74, 6) is -1.15. The van der Waals surface area contributed by atoms with Crippen molar-refractivity contribution >= 4 is 5.91 Å². The Bertz CT molecular complexity index is 478. The van der Waals surface area contributed by atoms with Crippen LogP contribution in [-0.4, -0.2) is 42.2 Å². The smallest absolute Gasteiger partial charge is 0.257 e. The van der Waals surface area contributed by atoms with Gasteiger partial charge in [-0.3, -0.25) is 4.79 Å². The average molecular weight is 281 g/mol. The third-order valence-corrected chi connectivity index (χ3v) is 3.73. The van der Waals surface area contributed by atoms with Crippen molar-refractivity contribution in [2.75, 3.05) is 20.3 Å². The SMILES string of the molecule is COCC[C@H]1CCCCN1C(=O)c1ccc(O)cc1F. The predicted octanol–water partition coefficient (Wildman–Crippen LogP) is 2.56. The van der Waals surface area contributed by atoms with Gasteiger partial charge in [-0.25, -0.2) is 4.39 Å². The Labute approximate surface area is 118 Å². The number of piperidine rings is 1. The fourth-order valence-corrected chi connectivity index (χ4v) is 2.65. The van der Waals surface area contributed by atoms with Crippen LogP contribution in [0.5, 0.6) is 5.75 Å². The van der Waals surface area contributed by atoms with Crippen LogP contribution >= 0.6 is 0 Å². The van der Waals surface area contributed by atoms with Gasteiger partial charge in [0.1, 0.15) is 11.6 Å². The van der Waals surface area contributed by atoms with Gasteiger partial charge >= 0.3 is 0 Å². The first-order chi connectivity index (χ1) is 9.63. The first kappa shape index (κ1) is 14.8. The molecule has 0 radical (unpaired) electrons.